The third-order valence-electron chi connectivity index (χ3n) is 4.53. The first-order chi connectivity index (χ1) is 12.5. The van der Waals surface area contributed by atoms with Crippen molar-refractivity contribution in [1.29, 1.82) is 0 Å². The lowest BCUT2D eigenvalue weighted by molar-refractivity contribution is -0.384. The Labute approximate surface area is 154 Å². The van der Waals surface area contributed by atoms with E-state index in [9.17, 15) is 10.1 Å². The van der Waals surface area contributed by atoms with E-state index in [-0.39, 0.29) is 16.7 Å². The maximum atomic E-state index is 11.6. The minimum absolute atomic E-state index is 0.0504. The second-order valence-electron chi connectivity index (χ2n) is 6.23. The van der Waals surface area contributed by atoms with Crippen LogP contribution in [0.1, 0.15) is 20.8 Å². The van der Waals surface area contributed by atoms with Gasteiger partial charge in [0.2, 0.25) is 0 Å². The van der Waals surface area contributed by atoms with Crippen molar-refractivity contribution in [3.05, 3.63) is 22.2 Å². The number of piperazine rings is 1. The lowest BCUT2D eigenvalue weighted by Gasteiger charge is -2.40. The summed E-state index contributed by atoms with van der Waals surface area (Å²) in [7, 11) is 1.69. The predicted octanol–water partition coefficient (Wildman–Crippen LogP) is 2.55. The summed E-state index contributed by atoms with van der Waals surface area (Å²) in [6.07, 6.45) is 0. The third-order valence-corrected chi connectivity index (χ3v) is 4.53. The Balaban J connectivity index is 2.29. The molecule has 1 aliphatic heterocycles. The van der Waals surface area contributed by atoms with Gasteiger partial charge in [0.15, 0.2) is 11.5 Å². The number of methoxy groups -OCH3 is 1. The van der Waals surface area contributed by atoms with Crippen LogP contribution in [0.15, 0.2) is 12.1 Å². The highest BCUT2D eigenvalue weighted by Crippen LogP contribution is 2.40. The van der Waals surface area contributed by atoms with Crippen LogP contribution in [0.2, 0.25) is 0 Å². The van der Waals surface area contributed by atoms with Crippen LogP contribution in [0.3, 0.4) is 0 Å². The fraction of sp³-hybridized carbons (Fsp3) is 0.667. The second kappa shape index (κ2) is 9.59. The molecule has 26 heavy (non-hydrogen) atoms. The van der Waals surface area contributed by atoms with E-state index in [1.54, 1.807) is 13.2 Å². The van der Waals surface area contributed by atoms with E-state index < -0.39 is 0 Å². The summed E-state index contributed by atoms with van der Waals surface area (Å²) < 4.78 is 16.3. The summed E-state index contributed by atoms with van der Waals surface area (Å²) in [5.74, 6) is 0.959. The van der Waals surface area contributed by atoms with E-state index in [1.165, 1.54) is 6.07 Å². The highest BCUT2D eigenvalue weighted by Gasteiger charge is 2.29. The Hall–Kier alpha value is -2.06. The molecular weight excluding hydrogens is 338 g/mol. The molecule has 1 saturated heterocycles. The van der Waals surface area contributed by atoms with Crippen LogP contribution in [0.5, 0.6) is 11.5 Å². The van der Waals surface area contributed by atoms with Gasteiger partial charge in [0.05, 0.1) is 30.8 Å². The van der Waals surface area contributed by atoms with Crippen molar-refractivity contribution in [2.24, 2.45) is 0 Å². The number of hydrogen-bond acceptors (Lipinski definition) is 7. The molecule has 0 bridgehead atoms. The summed E-state index contributed by atoms with van der Waals surface area (Å²) in [6.45, 7) is 10.6. The van der Waals surface area contributed by atoms with Crippen molar-refractivity contribution >= 4 is 11.4 Å². The van der Waals surface area contributed by atoms with Gasteiger partial charge in [0.25, 0.3) is 5.69 Å². The van der Waals surface area contributed by atoms with Crippen molar-refractivity contribution in [2.75, 3.05) is 58.0 Å². The molecule has 1 aromatic carbocycles. The van der Waals surface area contributed by atoms with E-state index in [1.807, 2.05) is 13.8 Å². The standard InChI is InChI=1S/C18H29N3O5/c1-5-25-17-11-15(16(21(22)23)12-18(17)26-6-2)20-8-7-19(9-10-24-4)14(3)13-20/h11-12,14H,5-10,13H2,1-4H3/t14-/m0/s1. The van der Waals surface area contributed by atoms with Crippen molar-refractivity contribution in [1.82, 2.24) is 4.90 Å². The molecule has 1 aromatic rings. The first-order valence-electron chi connectivity index (χ1n) is 9.07. The molecule has 0 aliphatic carbocycles. The minimum atomic E-state index is -0.352. The van der Waals surface area contributed by atoms with Crippen LogP contribution in [0, 0.1) is 10.1 Å². The Kier molecular flexibility index (Phi) is 7.47. The zero-order valence-electron chi connectivity index (χ0n) is 16.1. The summed E-state index contributed by atoms with van der Waals surface area (Å²) in [4.78, 5) is 15.7. The molecule has 1 atom stereocenters. The van der Waals surface area contributed by atoms with Gasteiger partial charge in [-0.1, -0.05) is 0 Å². The van der Waals surface area contributed by atoms with Gasteiger partial charge in [-0.15, -0.1) is 0 Å². The molecule has 146 valence electrons. The largest absolute Gasteiger partial charge is 0.490 e. The lowest BCUT2D eigenvalue weighted by Crippen LogP contribution is -2.52. The van der Waals surface area contributed by atoms with Crippen LogP contribution in [0.25, 0.3) is 0 Å². The van der Waals surface area contributed by atoms with Crippen LogP contribution < -0.4 is 14.4 Å². The molecule has 0 aromatic heterocycles. The van der Waals surface area contributed by atoms with Gasteiger partial charge < -0.3 is 19.1 Å². The summed E-state index contributed by atoms with van der Waals surface area (Å²) in [5, 5.41) is 11.6. The number of rotatable bonds is 9. The van der Waals surface area contributed by atoms with E-state index in [2.05, 4.69) is 16.7 Å². The van der Waals surface area contributed by atoms with Gasteiger partial charge in [0, 0.05) is 45.4 Å². The third kappa shape index (κ3) is 4.76. The van der Waals surface area contributed by atoms with Gasteiger partial charge in [0.1, 0.15) is 5.69 Å². The van der Waals surface area contributed by atoms with Gasteiger partial charge in [-0.2, -0.15) is 0 Å². The van der Waals surface area contributed by atoms with Crippen LogP contribution in [-0.4, -0.2) is 69.0 Å². The molecule has 2 rings (SSSR count). The molecule has 0 saturated carbocycles. The lowest BCUT2D eigenvalue weighted by atomic mass is 10.1. The van der Waals surface area contributed by atoms with Crippen molar-refractivity contribution in [3.63, 3.8) is 0 Å². The van der Waals surface area contributed by atoms with E-state index in [0.29, 0.717) is 50.1 Å². The Morgan fingerprint density at radius 1 is 1.19 bits per heavy atom. The number of nitro benzene ring substituents is 1. The van der Waals surface area contributed by atoms with Crippen LogP contribution in [0.4, 0.5) is 11.4 Å². The van der Waals surface area contributed by atoms with Gasteiger partial charge in [-0.05, 0) is 20.8 Å². The Morgan fingerprint density at radius 3 is 2.38 bits per heavy atom. The number of nitrogens with zero attached hydrogens (tertiary/aromatic N) is 3. The molecule has 1 heterocycles. The minimum Gasteiger partial charge on any atom is -0.490 e. The zero-order valence-corrected chi connectivity index (χ0v) is 16.1. The summed E-state index contributed by atoms with van der Waals surface area (Å²) in [6, 6.07) is 3.50. The maximum Gasteiger partial charge on any atom is 0.296 e. The van der Waals surface area contributed by atoms with Gasteiger partial charge in [-0.3, -0.25) is 15.0 Å². The smallest absolute Gasteiger partial charge is 0.296 e. The highest BCUT2D eigenvalue weighted by atomic mass is 16.6. The molecule has 0 amide bonds. The molecule has 8 nitrogen and oxygen atoms in total. The fourth-order valence-corrected chi connectivity index (χ4v) is 3.23. The van der Waals surface area contributed by atoms with Gasteiger partial charge in [-0.25, -0.2) is 0 Å². The number of anilines is 1. The SMILES string of the molecule is CCOc1cc(N2CCN(CCOC)[C@@H](C)C2)c([N+](=O)[O-])cc1OCC. The van der Waals surface area contributed by atoms with Crippen molar-refractivity contribution < 1.29 is 19.1 Å². The molecule has 0 spiro atoms. The fourth-order valence-electron chi connectivity index (χ4n) is 3.23. The zero-order chi connectivity index (χ0) is 19.1. The molecule has 0 radical (unpaired) electrons. The molecule has 1 fully saturated rings. The Morgan fingerprint density at radius 2 is 1.85 bits per heavy atom. The number of nitro groups is 1. The Bertz CT molecular complexity index is 611. The molecule has 0 N–H and O–H groups in total. The van der Waals surface area contributed by atoms with Crippen LogP contribution in [-0.2, 0) is 4.74 Å². The quantitative estimate of drug-likeness (QED) is 0.490. The molecule has 8 heteroatoms. The number of ether oxygens (including phenoxy) is 3. The van der Waals surface area contributed by atoms with Crippen molar-refractivity contribution in [3.8, 4) is 11.5 Å². The van der Waals surface area contributed by atoms with E-state index in [0.717, 1.165) is 13.1 Å². The molecule has 0 unspecified atom stereocenters. The van der Waals surface area contributed by atoms with Crippen molar-refractivity contribution in [2.45, 2.75) is 26.8 Å². The molecular formula is C18H29N3O5. The first-order valence-corrected chi connectivity index (χ1v) is 9.07. The highest BCUT2D eigenvalue weighted by molar-refractivity contribution is 5.70. The monoisotopic (exact) mass is 367 g/mol. The van der Waals surface area contributed by atoms with E-state index in [4.69, 9.17) is 14.2 Å². The maximum absolute atomic E-state index is 11.6. The first kappa shape index (κ1) is 20.3. The number of hydrogen-bond donors (Lipinski definition) is 0. The summed E-state index contributed by atoms with van der Waals surface area (Å²) in [5.41, 5.74) is 0.634. The molecule has 1 aliphatic rings. The van der Waals surface area contributed by atoms with Crippen LogP contribution >= 0.6 is 0 Å². The topological polar surface area (TPSA) is 77.3 Å². The number of benzene rings is 1. The predicted molar refractivity (Wildman–Crippen MR) is 101 cm³/mol. The normalized spacial score (nSPS) is 18.0. The average Bonchev–Trinajstić information content (AvgIpc) is 2.62. The summed E-state index contributed by atoms with van der Waals surface area (Å²) >= 11 is 0. The van der Waals surface area contributed by atoms with E-state index >= 15 is 0 Å². The average molecular weight is 367 g/mol. The van der Waals surface area contributed by atoms with Gasteiger partial charge >= 0.3 is 0 Å². The second-order valence-corrected chi connectivity index (χ2v) is 6.23.